The molecule has 0 N–H and O–H groups in total. The van der Waals surface area contributed by atoms with Gasteiger partial charge in [-0.1, -0.05) is 12.1 Å². The topological polar surface area (TPSA) is 47.2 Å². The van der Waals surface area contributed by atoms with Crippen molar-refractivity contribution in [2.24, 2.45) is 4.99 Å². The van der Waals surface area contributed by atoms with Crippen LogP contribution < -0.4 is 5.49 Å². The van der Waals surface area contributed by atoms with Crippen LogP contribution >= 0.6 is 0 Å². The number of alkyl halides is 1. The fraction of sp³-hybridized carbons (Fsp3) is 0.154. The molecule has 0 aliphatic rings. The largest absolute Gasteiger partial charge is 0.328 e. The molecule has 0 saturated carbocycles. The molecule has 2 aromatic rings. The average Bonchev–Trinajstić information content (AvgIpc) is 2.43. The van der Waals surface area contributed by atoms with Gasteiger partial charge in [0, 0.05) is 12.4 Å². The van der Waals surface area contributed by atoms with Crippen LogP contribution in [0.15, 0.2) is 47.7 Å². The molecular formula is C13H11F2N3O. The molecule has 0 radical (unpaired) electrons. The second kappa shape index (κ2) is 5.99. The van der Waals surface area contributed by atoms with E-state index >= 15 is 0 Å². The summed E-state index contributed by atoms with van der Waals surface area (Å²) in [5.74, 6) is -1.39. The van der Waals surface area contributed by atoms with Crippen LogP contribution in [0.1, 0.15) is 5.56 Å². The summed E-state index contributed by atoms with van der Waals surface area (Å²) in [7, 11) is 0. The highest BCUT2D eigenvalue weighted by Crippen LogP contribution is 2.00. The number of aromatic nitrogens is 2. The van der Waals surface area contributed by atoms with Crippen LogP contribution in [-0.2, 0) is 11.3 Å². The molecule has 2 heterocycles. The molecule has 2 aromatic heterocycles. The minimum Gasteiger partial charge on any atom is -0.328 e. The van der Waals surface area contributed by atoms with Gasteiger partial charge < -0.3 is 4.57 Å². The number of pyridine rings is 2. The first-order valence-corrected chi connectivity index (χ1v) is 5.58. The van der Waals surface area contributed by atoms with Crippen molar-refractivity contribution in [3.8, 4) is 0 Å². The van der Waals surface area contributed by atoms with Crippen LogP contribution in [0.25, 0.3) is 0 Å². The zero-order chi connectivity index (χ0) is 13.7. The number of hydrogen-bond donors (Lipinski definition) is 0. The predicted molar refractivity (Wildman–Crippen MR) is 64.3 cm³/mol. The zero-order valence-electron chi connectivity index (χ0n) is 9.96. The van der Waals surface area contributed by atoms with Crippen LogP contribution in [0.4, 0.5) is 8.78 Å². The van der Waals surface area contributed by atoms with Crippen molar-refractivity contribution in [3.63, 3.8) is 0 Å². The van der Waals surface area contributed by atoms with Gasteiger partial charge in [-0.15, -0.1) is 0 Å². The van der Waals surface area contributed by atoms with Crippen molar-refractivity contribution in [2.45, 2.75) is 6.54 Å². The Morgan fingerprint density at radius 1 is 1.32 bits per heavy atom. The van der Waals surface area contributed by atoms with E-state index in [1.54, 1.807) is 35.0 Å². The summed E-state index contributed by atoms with van der Waals surface area (Å²) in [5.41, 5.74) is 1.09. The standard InChI is InChI=1S/C13H11F2N3O/c14-7-13(19)17-12-3-1-2-6-18(12)9-10-4-5-11(15)16-8-10/h1-6,8H,7,9H2. The Labute approximate surface area is 108 Å². The summed E-state index contributed by atoms with van der Waals surface area (Å²) in [5, 5.41) is 0. The van der Waals surface area contributed by atoms with E-state index in [0.717, 1.165) is 5.56 Å². The average molecular weight is 263 g/mol. The molecular weight excluding hydrogens is 252 g/mol. The normalized spacial score (nSPS) is 11.6. The van der Waals surface area contributed by atoms with Crippen LogP contribution in [0, 0.1) is 5.95 Å². The first-order chi connectivity index (χ1) is 9.19. The highest BCUT2D eigenvalue weighted by molar-refractivity contribution is 5.77. The monoisotopic (exact) mass is 263 g/mol. The molecule has 0 aliphatic heterocycles. The molecule has 0 unspecified atom stereocenters. The Bertz CT molecular complexity index is 635. The Hall–Kier alpha value is -2.37. The Morgan fingerprint density at radius 2 is 2.16 bits per heavy atom. The molecule has 0 aromatic carbocycles. The van der Waals surface area contributed by atoms with Crippen molar-refractivity contribution < 1.29 is 13.6 Å². The van der Waals surface area contributed by atoms with Crippen LogP contribution in [-0.4, -0.2) is 22.1 Å². The Kier molecular flexibility index (Phi) is 4.12. The molecule has 0 spiro atoms. The zero-order valence-corrected chi connectivity index (χ0v) is 9.96. The Morgan fingerprint density at radius 3 is 2.84 bits per heavy atom. The van der Waals surface area contributed by atoms with Gasteiger partial charge in [0.1, 0.15) is 5.49 Å². The third-order valence-corrected chi connectivity index (χ3v) is 2.41. The van der Waals surface area contributed by atoms with E-state index in [0.29, 0.717) is 12.0 Å². The summed E-state index contributed by atoms with van der Waals surface area (Å²) in [6.45, 7) is -0.764. The number of amides is 1. The molecule has 0 aliphatic carbocycles. The molecule has 98 valence electrons. The van der Waals surface area contributed by atoms with Gasteiger partial charge in [0.25, 0.3) is 5.91 Å². The van der Waals surface area contributed by atoms with E-state index < -0.39 is 18.5 Å². The number of nitrogens with zero attached hydrogens (tertiary/aromatic N) is 3. The van der Waals surface area contributed by atoms with E-state index in [1.807, 2.05) is 0 Å². The minimum atomic E-state index is -1.13. The molecule has 0 fully saturated rings. The summed E-state index contributed by atoms with van der Waals surface area (Å²) >= 11 is 0. The molecule has 6 heteroatoms. The van der Waals surface area contributed by atoms with Gasteiger partial charge in [-0.05, 0) is 23.8 Å². The minimum absolute atomic E-state index is 0.342. The van der Waals surface area contributed by atoms with E-state index in [4.69, 9.17) is 0 Å². The second-order valence-corrected chi connectivity index (χ2v) is 3.82. The van der Waals surface area contributed by atoms with Crippen molar-refractivity contribution in [3.05, 3.63) is 59.7 Å². The van der Waals surface area contributed by atoms with Gasteiger partial charge in [-0.25, -0.2) is 9.37 Å². The van der Waals surface area contributed by atoms with E-state index in [2.05, 4.69) is 9.98 Å². The first-order valence-electron chi connectivity index (χ1n) is 5.58. The molecule has 19 heavy (non-hydrogen) atoms. The van der Waals surface area contributed by atoms with Crippen LogP contribution in [0.2, 0.25) is 0 Å². The highest BCUT2D eigenvalue weighted by Gasteiger charge is 2.00. The Balaban J connectivity index is 2.32. The molecule has 0 saturated heterocycles. The fourth-order valence-electron chi connectivity index (χ4n) is 1.56. The lowest BCUT2D eigenvalue weighted by Crippen LogP contribution is -2.22. The lowest BCUT2D eigenvalue weighted by atomic mass is 10.3. The third-order valence-electron chi connectivity index (χ3n) is 2.41. The van der Waals surface area contributed by atoms with E-state index in [-0.39, 0.29) is 0 Å². The maximum absolute atomic E-state index is 12.7. The number of carbonyl (C=O) groups is 1. The van der Waals surface area contributed by atoms with Crippen molar-refractivity contribution >= 4 is 5.91 Å². The summed E-state index contributed by atoms with van der Waals surface area (Å²) in [6, 6.07) is 7.90. The third kappa shape index (κ3) is 3.54. The van der Waals surface area contributed by atoms with Gasteiger partial charge in [-0.2, -0.15) is 9.38 Å². The van der Waals surface area contributed by atoms with Crippen molar-refractivity contribution in [1.82, 2.24) is 9.55 Å². The maximum Gasteiger partial charge on any atom is 0.278 e. The van der Waals surface area contributed by atoms with E-state index in [9.17, 15) is 13.6 Å². The second-order valence-electron chi connectivity index (χ2n) is 3.82. The highest BCUT2D eigenvalue weighted by atomic mass is 19.1. The van der Waals surface area contributed by atoms with E-state index in [1.165, 1.54) is 12.3 Å². The summed E-state index contributed by atoms with van der Waals surface area (Å²) < 4.78 is 26.5. The number of rotatable bonds is 3. The van der Waals surface area contributed by atoms with Gasteiger partial charge in [0.15, 0.2) is 6.67 Å². The van der Waals surface area contributed by atoms with Gasteiger partial charge in [-0.3, -0.25) is 4.79 Å². The molecule has 4 nitrogen and oxygen atoms in total. The number of halogens is 2. The summed E-state index contributed by atoms with van der Waals surface area (Å²) in [6.07, 6.45) is 3.10. The molecule has 0 atom stereocenters. The molecule has 1 amide bonds. The van der Waals surface area contributed by atoms with Gasteiger partial charge in [0.05, 0.1) is 6.54 Å². The lowest BCUT2D eigenvalue weighted by Gasteiger charge is -2.06. The fourth-order valence-corrected chi connectivity index (χ4v) is 1.56. The maximum atomic E-state index is 12.7. The van der Waals surface area contributed by atoms with Gasteiger partial charge in [0.2, 0.25) is 5.95 Å². The van der Waals surface area contributed by atoms with Crippen molar-refractivity contribution in [2.75, 3.05) is 6.67 Å². The smallest absolute Gasteiger partial charge is 0.278 e. The SMILES string of the molecule is O=C(CF)N=c1ccccn1Cc1ccc(F)nc1. The van der Waals surface area contributed by atoms with Crippen LogP contribution in [0.3, 0.4) is 0 Å². The van der Waals surface area contributed by atoms with Crippen molar-refractivity contribution in [1.29, 1.82) is 0 Å². The first kappa shape index (κ1) is 13.1. The molecule has 2 rings (SSSR count). The van der Waals surface area contributed by atoms with Gasteiger partial charge >= 0.3 is 0 Å². The molecule has 0 bridgehead atoms. The lowest BCUT2D eigenvalue weighted by molar-refractivity contribution is -0.118. The predicted octanol–water partition coefficient (Wildman–Crippen LogP) is 1.47. The number of carbonyl (C=O) groups excluding carboxylic acids is 1. The number of hydrogen-bond acceptors (Lipinski definition) is 2. The van der Waals surface area contributed by atoms with Crippen LogP contribution in [0.5, 0.6) is 0 Å². The quantitative estimate of drug-likeness (QED) is 0.787. The summed E-state index contributed by atoms with van der Waals surface area (Å²) in [4.78, 5) is 18.2.